The number of aromatic carboxylic acids is 1. The van der Waals surface area contributed by atoms with Crippen LogP contribution >= 0.6 is 0 Å². The SMILES string of the molecule is Cc1ccc(-c2cc(C(=O)O)c3ccc(C)c(C)c3n2)cc1. The Morgan fingerprint density at radius 2 is 1.68 bits per heavy atom. The zero-order chi connectivity index (χ0) is 15.9. The molecule has 2 aromatic carbocycles. The molecule has 0 bridgehead atoms. The topological polar surface area (TPSA) is 50.2 Å². The zero-order valence-corrected chi connectivity index (χ0v) is 12.8. The summed E-state index contributed by atoms with van der Waals surface area (Å²) >= 11 is 0. The number of benzene rings is 2. The van der Waals surface area contributed by atoms with E-state index in [2.05, 4.69) is 0 Å². The third-order valence-corrected chi connectivity index (χ3v) is 4.08. The highest BCUT2D eigenvalue weighted by atomic mass is 16.4. The first-order chi connectivity index (χ1) is 10.5. The largest absolute Gasteiger partial charge is 0.478 e. The third-order valence-electron chi connectivity index (χ3n) is 4.08. The molecule has 0 atom stereocenters. The third kappa shape index (κ3) is 2.35. The van der Waals surface area contributed by atoms with Gasteiger partial charge in [0.2, 0.25) is 0 Å². The molecule has 3 heteroatoms. The number of carbonyl (C=O) groups is 1. The van der Waals surface area contributed by atoms with Gasteiger partial charge in [-0.05, 0) is 38.0 Å². The number of carboxylic acid groups (broad SMARTS) is 1. The van der Waals surface area contributed by atoms with Gasteiger partial charge in [-0.1, -0.05) is 42.0 Å². The van der Waals surface area contributed by atoms with Crippen LogP contribution in [0.4, 0.5) is 0 Å². The molecule has 1 heterocycles. The molecule has 0 fully saturated rings. The van der Waals surface area contributed by atoms with E-state index >= 15 is 0 Å². The fourth-order valence-corrected chi connectivity index (χ4v) is 2.58. The number of nitrogens with zero attached hydrogens (tertiary/aromatic N) is 1. The molecule has 0 amide bonds. The van der Waals surface area contributed by atoms with Gasteiger partial charge in [-0.15, -0.1) is 0 Å². The van der Waals surface area contributed by atoms with Crippen LogP contribution < -0.4 is 0 Å². The van der Waals surface area contributed by atoms with E-state index < -0.39 is 5.97 Å². The highest BCUT2D eigenvalue weighted by molar-refractivity contribution is 6.04. The lowest BCUT2D eigenvalue weighted by atomic mass is 9.99. The number of aromatic nitrogens is 1. The highest BCUT2D eigenvalue weighted by Crippen LogP contribution is 2.28. The van der Waals surface area contributed by atoms with Gasteiger partial charge < -0.3 is 5.11 Å². The van der Waals surface area contributed by atoms with Crippen molar-refractivity contribution in [3.63, 3.8) is 0 Å². The van der Waals surface area contributed by atoms with E-state index in [4.69, 9.17) is 4.98 Å². The second kappa shape index (κ2) is 5.26. The molecule has 110 valence electrons. The van der Waals surface area contributed by atoms with E-state index in [1.165, 1.54) is 0 Å². The standard InChI is InChI=1S/C19H17NO2/c1-11-4-7-14(8-5-11)17-10-16(19(21)22)15-9-6-12(2)13(3)18(15)20-17/h4-10H,1-3H3,(H,21,22). The molecule has 0 saturated carbocycles. The summed E-state index contributed by atoms with van der Waals surface area (Å²) in [5.41, 5.74) is 5.97. The Balaban J connectivity index is 2.35. The quantitative estimate of drug-likeness (QED) is 0.755. The molecule has 0 aliphatic rings. The first kappa shape index (κ1) is 14.3. The van der Waals surface area contributed by atoms with Gasteiger partial charge in [0.15, 0.2) is 0 Å². The van der Waals surface area contributed by atoms with Crippen LogP contribution in [0.2, 0.25) is 0 Å². The van der Waals surface area contributed by atoms with Gasteiger partial charge in [-0.3, -0.25) is 0 Å². The van der Waals surface area contributed by atoms with Crippen LogP contribution in [-0.4, -0.2) is 16.1 Å². The Kier molecular flexibility index (Phi) is 3.41. The van der Waals surface area contributed by atoms with Crippen molar-refractivity contribution in [2.24, 2.45) is 0 Å². The van der Waals surface area contributed by atoms with Crippen molar-refractivity contribution in [2.45, 2.75) is 20.8 Å². The summed E-state index contributed by atoms with van der Waals surface area (Å²) in [5, 5.41) is 10.2. The van der Waals surface area contributed by atoms with Crippen molar-refractivity contribution < 1.29 is 9.90 Å². The molecule has 3 aromatic rings. The van der Waals surface area contributed by atoms with Crippen LogP contribution in [-0.2, 0) is 0 Å². The second-order valence-electron chi connectivity index (χ2n) is 5.63. The lowest BCUT2D eigenvalue weighted by Gasteiger charge is -2.11. The molecule has 0 aliphatic carbocycles. The molecule has 1 N–H and O–H groups in total. The van der Waals surface area contributed by atoms with E-state index in [0.717, 1.165) is 27.8 Å². The molecular weight excluding hydrogens is 274 g/mol. The van der Waals surface area contributed by atoms with Gasteiger partial charge in [0.25, 0.3) is 0 Å². The van der Waals surface area contributed by atoms with Crippen molar-refractivity contribution >= 4 is 16.9 Å². The molecule has 1 aromatic heterocycles. The van der Waals surface area contributed by atoms with Crippen molar-refractivity contribution in [1.82, 2.24) is 4.98 Å². The normalized spacial score (nSPS) is 10.9. The summed E-state index contributed by atoms with van der Waals surface area (Å²) in [6.07, 6.45) is 0. The number of aryl methyl sites for hydroxylation is 3. The summed E-state index contributed by atoms with van der Waals surface area (Å²) in [6, 6.07) is 13.4. The molecular formula is C19H17NO2. The number of pyridine rings is 1. The summed E-state index contributed by atoms with van der Waals surface area (Å²) in [6.45, 7) is 6.01. The molecule has 0 unspecified atom stereocenters. The maximum atomic E-state index is 11.6. The molecule has 0 spiro atoms. The fraction of sp³-hybridized carbons (Fsp3) is 0.158. The van der Waals surface area contributed by atoms with Crippen LogP contribution in [0.25, 0.3) is 22.2 Å². The van der Waals surface area contributed by atoms with Crippen molar-refractivity contribution in [1.29, 1.82) is 0 Å². The molecule has 22 heavy (non-hydrogen) atoms. The Bertz CT molecular complexity index is 880. The molecule has 0 saturated heterocycles. The van der Waals surface area contributed by atoms with E-state index in [-0.39, 0.29) is 0 Å². The Morgan fingerprint density at radius 3 is 2.32 bits per heavy atom. The first-order valence-corrected chi connectivity index (χ1v) is 7.18. The number of hydrogen-bond donors (Lipinski definition) is 1. The second-order valence-corrected chi connectivity index (χ2v) is 5.63. The summed E-state index contributed by atoms with van der Waals surface area (Å²) in [4.78, 5) is 16.3. The van der Waals surface area contributed by atoms with Crippen LogP contribution in [0.15, 0.2) is 42.5 Å². The van der Waals surface area contributed by atoms with Crippen molar-refractivity contribution in [2.75, 3.05) is 0 Å². The smallest absolute Gasteiger partial charge is 0.336 e. The van der Waals surface area contributed by atoms with Crippen molar-refractivity contribution in [3.8, 4) is 11.3 Å². The summed E-state index contributed by atoms with van der Waals surface area (Å²) in [5.74, 6) is -0.927. The summed E-state index contributed by atoms with van der Waals surface area (Å²) in [7, 11) is 0. The maximum Gasteiger partial charge on any atom is 0.336 e. The van der Waals surface area contributed by atoms with E-state index in [9.17, 15) is 9.90 Å². The Morgan fingerprint density at radius 1 is 1.00 bits per heavy atom. The van der Waals surface area contributed by atoms with Gasteiger partial charge in [0.1, 0.15) is 0 Å². The molecule has 0 aliphatic heterocycles. The predicted octanol–water partition coefficient (Wildman–Crippen LogP) is 4.53. The minimum absolute atomic E-state index is 0.295. The lowest BCUT2D eigenvalue weighted by Crippen LogP contribution is -2.02. The molecule has 0 radical (unpaired) electrons. The average Bonchev–Trinajstić information content (AvgIpc) is 2.51. The Hall–Kier alpha value is -2.68. The zero-order valence-electron chi connectivity index (χ0n) is 12.8. The number of rotatable bonds is 2. The van der Waals surface area contributed by atoms with Crippen molar-refractivity contribution in [3.05, 3.63) is 64.7 Å². The van der Waals surface area contributed by atoms with Crippen LogP contribution in [0.5, 0.6) is 0 Å². The van der Waals surface area contributed by atoms with Crippen LogP contribution in [0.1, 0.15) is 27.0 Å². The maximum absolute atomic E-state index is 11.6. The van der Waals surface area contributed by atoms with E-state index in [1.807, 2.05) is 57.2 Å². The van der Waals surface area contributed by atoms with Gasteiger partial charge in [0.05, 0.1) is 16.8 Å². The highest BCUT2D eigenvalue weighted by Gasteiger charge is 2.14. The van der Waals surface area contributed by atoms with Crippen LogP contribution in [0, 0.1) is 20.8 Å². The number of carboxylic acids is 1. The van der Waals surface area contributed by atoms with Gasteiger partial charge >= 0.3 is 5.97 Å². The van der Waals surface area contributed by atoms with E-state index in [1.54, 1.807) is 6.07 Å². The predicted molar refractivity (Wildman–Crippen MR) is 88.3 cm³/mol. The van der Waals surface area contributed by atoms with Gasteiger partial charge in [-0.2, -0.15) is 0 Å². The number of hydrogen-bond acceptors (Lipinski definition) is 2. The molecule has 3 rings (SSSR count). The minimum Gasteiger partial charge on any atom is -0.478 e. The average molecular weight is 291 g/mol. The minimum atomic E-state index is -0.927. The van der Waals surface area contributed by atoms with E-state index in [0.29, 0.717) is 16.6 Å². The van der Waals surface area contributed by atoms with Crippen LogP contribution in [0.3, 0.4) is 0 Å². The Labute approximate surface area is 129 Å². The monoisotopic (exact) mass is 291 g/mol. The molecule has 3 nitrogen and oxygen atoms in total. The first-order valence-electron chi connectivity index (χ1n) is 7.18. The van der Waals surface area contributed by atoms with Gasteiger partial charge in [0, 0.05) is 10.9 Å². The lowest BCUT2D eigenvalue weighted by molar-refractivity contribution is 0.0699. The summed E-state index contributed by atoms with van der Waals surface area (Å²) < 4.78 is 0. The number of fused-ring (bicyclic) bond motifs is 1. The fourth-order valence-electron chi connectivity index (χ4n) is 2.58. The van der Waals surface area contributed by atoms with Gasteiger partial charge in [-0.25, -0.2) is 9.78 Å².